The Bertz CT molecular complexity index is 1030. The normalized spacial score (nSPS) is 11.9. The van der Waals surface area contributed by atoms with Crippen molar-refractivity contribution >= 4 is 23.6 Å². The molecule has 0 spiro atoms. The summed E-state index contributed by atoms with van der Waals surface area (Å²) in [6, 6.07) is 14.3. The molecular formula is C29H41N3O4. The van der Waals surface area contributed by atoms with Gasteiger partial charge in [0.15, 0.2) is 0 Å². The molecule has 7 heteroatoms. The molecule has 3 amide bonds. The van der Waals surface area contributed by atoms with E-state index in [0.717, 1.165) is 42.4 Å². The Kier molecular flexibility index (Phi) is 11.0. The lowest BCUT2D eigenvalue weighted by Gasteiger charge is -2.32. The number of ether oxygens (including phenoxy) is 1. The van der Waals surface area contributed by atoms with Crippen LogP contribution in [0, 0.1) is 13.8 Å². The number of benzene rings is 2. The third-order valence-electron chi connectivity index (χ3n) is 5.80. The van der Waals surface area contributed by atoms with E-state index in [4.69, 9.17) is 4.74 Å². The number of anilines is 1. The predicted octanol–water partition coefficient (Wildman–Crippen LogP) is 5.92. The highest BCUT2D eigenvalue weighted by molar-refractivity contribution is 5.99. The molecule has 1 atom stereocenters. The molecule has 2 N–H and O–H groups in total. The molecule has 0 aromatic heterocycles. The van der Waals surface area contributed by atoms with Crippen molar-refractivity contribution in [3.05, 3.63) is 65.2 Å². The Labute approximate surface area is 215 Å². The van der Waals surface area contributed by atoms with Gasteiger partial charge in [-0.25, -0.2) is 4.79 Å². The van der Waals surface area contributed by atoms with Crippen molar-refractivity contribution in [2.24, 2.45) is 0 Å². The summed E-state index contributed by atoms with van der Waals surface area (Å²) in [4.78, 5) is 41.1. The monoisotopic (exact) mass is 495 g/mol. The zero-order valence-electron chi connectivity index (χ0n) is 22.5. The van der Waals surface area contributed by atoms with E-state index in [1.807, 2.05) is 62.4 Å². The highest BCUT2D eigenvalue weighted by atomic mass is 16.6. The van der Waals surface area contributed by atoms with Crippen LogP contribution in [0.15, 0.2) is 48.5 Å². The number of amides is 3. The first-order valence-corrected chi connectivity index (χ1v) is 12.7. The molecule has 2 aromatic rings. The second kappa shape index (κ2) is 13.7. The Balaban J connectivity index is 2.37. The van der Waals surface area contributed by atoms with Crippen LogP contribution in [0.2, 0.25) is 0 Å². The van der Waals surface area contributed by atoms with Gasteiger partial charge in [0.05, 0.1) is 0 Å². The molecule has 2 rings (SSSR count). The van der Waals surface area contributed by atoms with Gasteiger partial charge in [0.1, 0.15) is 18.2 Å². The van der Waals surface area contributed by atoms with Gasteiger partial charge in [-0.2, -0.15) is 0 Å². The second-order valence-electron chi connectivity index (χ2n) is 10.1. The number of nitrogens with zero attached hydrogens (tertiary/aromatic N) is 1. The van der Waals surface area contributed by atoms with Gasteiger partial charge in [0.25, 0.3) is 5.91 Å². The van der Waals surface area contributed by atoms with Gasteiger partial charge < -0.3 is 20.3 Å². The Morgan fingerprint density at radius 3 is 2.17 bits per heavy atom. The first kappa shape index (κ1) is 28.9. The zero-order valence-corrected chi connectivity index (χ0v) is 22.5. The lowest BCUT2D eigenvalue weighted by atomic mass is 9.98. The smallest absolute Gasteiger partial charge is 0.408 e. The van der Waals surface area contributed by atoms with Crippen LogP contribution < -0.4 is 10.6 Å². The van der Waals surface area contributed by atoms with Crippen molar-refractivity contribution in [1.82, 2.24) is 10.2 Å². The Hall–Kier alpha value is -3.35. The highest BCUT2D eigenvalue weighted by Gasteiger charge is 2.32. The number of hydrogen-bond acceptors (Lipinski definition) is 4. The summed E-state index contributed by atoms with van der Waals surface area (Å²) in [7, 11) is 0. The van der Waals surface area contributed by atoms with Gasteiger partial charge in [-0.1, -0.05) is 68.7 Å². The van der Waals surface area contributed by atoms with Crippen molar-refractivity contribution in [2.75, 3.05) is 18.4 Å². The summed E-state index contributed by atoms with van der Waals surface area (Å²) in [5.41, 5.74) is 2.62. The maximum Gasteiger partial charge on any atom is 0.408 e. The van der Waals surface area contributed by atoms with Crippen LogP contribution in [0.4, 0.5) is 10.5 Å². The van der Waals surface area contributed by atoms with Crippen LogP contribution in [0.3, 0.4) is 0 Å². The summed E-state index contributed by atoms with van der Waals surface area (Å²) < 4.78 is 5.28. The maximum atomic E-state index is 13.8. The molecule has 7 nitrogen and oxygen atoms in total. The summed E-state index contributed by atoms with van der Waals surface area (Å²) in [6.45, 7) is 11.4. The molecule has 0 aliphatic heterocycles. The van der Waals surface area contributed by atoms with E-state index in [-0.39, 0.29) is 18.4 Å². The Morgan fingerprint density at radius 1 is 0.917 bits per heavy atom. The molecule has 0 fully saturated rings. The largest absolute Gasteiger partial charge is 0.444 e. The minimum atomic E-state index is -0.847. The number of hydrogen-bond donors (Lipinski definition) is 2. The number of unbranched alkanes of at least 4 members (excludes halogenated alkanes) is 3. The second-order valence-corrected chi connectivity index (χ2v) is 10.1. The fourth-order valence-electron chi connectivity index (χ4n) is 3.93. The topological polar surface area (TPSA) is 87.7 Å². The summed E-state index contributed by atoms with van der Waals surface area (Å²) >= 11 is 0. The van der Waals surface area contributed by atoms with Crippen LogP contribution >= 0.6 is 0 Å². The molecule has 0 aliphatic carbocycles. The predicted molar refractivity (Wildman–Crippen MR) is 144 cm³/mol. The molecule has 36 heavy (non-hydrogen) atoms. The zero-order chi connectivity index (χ0) is 26.7. The molecule has 0 radical (unpaired) electrons. The molecule has 0 bridgehead atoms. The average Bonchev–Trinajstić information content (AvgIpc) is 2.80. The standard InChI is InChI=1S/C29H41N3O4/c1-7-8-9-14-19-32(25(33)20-30-28(35)36-29(4,5)6)26(23-17-12-10-15-21(23)2)27(34)31-24-18-13-11-16-22(24)3/h10-13,15-18,26H,7-9,14,19-20H2,1-6H3,(H,30,35)(H,31,34). The number of alkyl carbamates (subject to hydrolysis) is 1. The van der Waals surface area contributed by atoms with Gasteiger partial charge in [-0.05, 0) is 63.8 Å². The number of nitrogens with one attached hydrogen (secondary N) is 2. The molecule has 0 saturated heterocycles. The van der Waals surface area contributed by atoms with Crippen LogP contribution in [-0.2, 0) is 14.3 Å². The third kappa shape index (κ3) is 9.02. The van der Waals surface area contributed by atoms with Crippen molar-refractivity contribution in [3.63, 3.8) is 0 Å². The summed E-state index contributed by atoms with van der Waals surface area (Å²) in [6.07, 6.45) is 3.14. The minimum absolute atomic E-state index is 0.261. The van der Waals surface area contributed by atoms with Gasteiger partial charge >= 0.3 is 6.09 Å². The van der Waals surface area contributed by atoms with Crippen LogP contribution in [-0.4, -0.2) is 41.5 Å². The van der Waals surface area contributed by atoms with Crippen molar-refractivity contribution in [2.45, 2.75) is 78.9 Å². The van der Waals surface area contributed by atoms with Crippen LogP contribution in [0.25, 0.3) is 0 Å². The van der Waals surface area contributed by atoms with Crippen molar-refractivity contribution < 1.29 is 19.1 Å². The number of aryl methyl sites for hydroxylation is 2. The summed E-state index contributed by atoms with van der Waals surface area (Å²) in [5, 5.41) is 5.58. The van der Waals surface area contributed by atoms with Gasteiger partial charge in [0, 0.05) is 12.2 Å². The van der Waals surface area contributed by atoms with Gasteiger partial charge in [-0.3, -0.25) is 9.59 Å². The summed E-state index contributed by atoms with van der Waals surface area (Å²) in [5.74, 6) is -0.634. The molecule has 0 heterocycles. The van der Waals surface area contributed by atoms with Gasteiger partial charge in [-0.15, -0.1) is 0 Å². The molecule has 0 saturated carbocycles. The fourth-order valence-corrected chi connectivity index (χ4v) is 3.93. The number of rotatable bonds is 11. The maximum absolute atomic E-state index is 13.8. The molecule has 0 aliphatic rings. The van der Waals surface area contributed by atoms with E-state index in [9.17, 15) is 14.4 Å². The van der Waals surface area contributed by atoms with Crippen molar-refractivity contribution in [1.29, 1.82) is 0 Å². The van der Waals surface area contributed by atoms with E-state index in [2.05, 4.69) is 17.6 Å². The lowest BCUT2D eigenvalue weighted by Crippen LogP contribution is -2.47. The third-order valence-corrected chi connectivity index (χ3v) is 5.80. The SMILES string of the molecule is CCCCCCN(C(=O)CNC(=O)OC(C)(C)C)C(C(=O)Nc1ccccc1C)c1ccccc1C. The number of carbonyl (C=O) groups is 3. The number of para-hydroxylation sites is 1. The van der Waals surface area contributed by atoms with E-state index >= 15 is 0 Å². The minimum Gasteiger partial charge on any atom is -0.444 e. The van der Waals surface area contributed by atoms with Crippen LogP contribution in [0.5, 0.6) is 0 Å². The van der Waals surface area contributed by atoms with E-state index in [0.29, 0.717) is 12.2 Å². The van der Waals surface area contributed by atoms with Gasteiger partial charge in [0.2, 0.25) is 5.91 Å². The van der Waals surface area contributed by atoms with E-state index in [1.54, 1.807) is 25.7 Å². The van der Waals surface area contributed by atoms with Crippen LogP contribution in [0.1, 0.15) is 76.1 Å². The lowest BCUT2D eigenvalue weighted by molar-refractivity contribution is -0.138. The number of carbonyl (C=O) groups excluding carboxylic acids is 3. The van der Waals surface area contributed by atoms with E-state index < -0.39 is 17.7 Å². The molecule has 196 valence electrons. The first-order valence-electron chi connectivity index (χ1n) is 12.7. The average molecular weight is 496 g/mol. The quantitative estimate of drug-likeness (QED) is 0.379. The Morgan fingerprint density at radius 2 is 1.56 bits per heavy atom. The van der Waals surface area contributed by atoms with E-state index in [1.165, 1.54) is 0 Å². The molecule has 2 aromatic carbocycles. The highest BCUT2D eigenvalue weighted by Crippen LogP contribution is 2.27. The fraction of sp³-hybridized carbons (Fsp3) is 0.483. The molecular weight excluding hydrogens is 454 g/mol. The molecule has 1 unspecified atom stereocenters. The first-order chi connectivity index (χ1) is 17.0. The van der Waals surface area contributed by atoms with Crippen molar-refractivity contribution in [3.8, 4) is 0 Å².